The van der Waals surface area contributed by atoms with Crippen LogP contribution in [0.5, 0.6) is 11.5 Å². The third-order valence-corrected chi connectivity index (χ3v) is 2.73. The van der Waals surface area contributed by atoms with Crippen molar-refractivity contribution >= 4 is 5.84 Å². The molecule has 0 aliphatic carbocycles. The van der Waals surface area contributed by atoms with E-state index in [0.29, 0.717) is 17.2 Å². The van der Waals surface area contributed by atoms with Crippen molar-refractivity contribution in [1.82, 2.24) is 4.98 Å². The van der Waals surface area contributed by atoms with Crippen LogP contribution in [0.4, 0.5) is 0 Å². The number of hydrogen-bond donors (Lipinski definition) is 2. The van der Waals surface area contributed by atoms with Crippen LogP contribution in [-0.4, -0.2) is 10.8 Å². The van der Waals surface area contributed by atoms with Gasteiger partial charge in [0.05, 0.1) is 0 Å². The molecule has 0 aliphatic heterocycles. The zero-order valence-electron chi connectivity index (χ0n) is 10.4. The van der Waals surface area contributed by atoms with Crippen molar-refractivity contribution in [2.24, 2.45) is 5.73 Å². The Morgan fingerprint density at radius 1 is 1.22 bits per heavy atom. The normalized spacial score (nSPS) is 10.1. The van der Waals surface area contributed by atoms with E-state index >= 15 is 0 Å². The maximum Gasteiger partial charge on any atom is 0.156 e. The van der Waals surface area contributed by atoms with Gasteiger partial charge >= 0.3 is 0 Å². The lowest BCUT2D eigenvalue weighted by molar-refractivity contribution is 0.478. The molecule has 3 N–H and O–H groups in total. The van der Waals surface area contributed by atoms with E-state index in [0.717, 1.165) is 5.56 Å². The van der Waals surface area contributed by atoms with Gasteiger partial charge < -0.3 is 10.5 Å². The topological polar surface area (TPSA) is 72.0 Å². The molecule has 1 heterocycles. The van der Waals surface area contributed by atoms with Crippen molar-refractivity contribution in [2.45, 2.75) is 13.8 Å². The molecule has 4 nitrogen and oxygen atoms in total. The second kappa shape index (κ2) is 4.87. The van der Waals surface area contributed by atoms with Crippen LogP contribution < -0.4 is 10.5 Å². The summed E-state index contributed by atoms with van der Waals surface area (Å²) < 4.78 is 5.72. The van der Waals surface area contributed by atoms with E-state index in [1.165, 1.54) is 5.56 Å². The molecule has 0 amide bonds. The molecular weight excluding hydrogens is 226 g/mol. The number of nitrogens with one attached hydrogen (secondary N) is 1. The van der Waals surface area contributed by atoms with E-state index < -0.39 is 0 Å². The lowest BCUT2D eigenvalue weighted by Gasteiger charge is -2.10. The number of hydrogen-bond acceptors (Lipinski definition) is 3. The Kier molecular flexibility index (Phi) is 3.28. The molecule has 0 atom stereocenters. The predicted octanol–water partition coefficient (Wildman–Crippen LogP) is 2.77. The Morgan fingerprint density at radius 2 is 2.00 bits per heavy atom. The Labute approximate surface area is 106 Å². The highest BCUT2D eigenvalue weighted by molar-refractivity contribution is 5.95. The van der Waals surface area contributed by atoms with E-state index in [-0.39, 0.29) is 5.84 Å². The number of nitrogens with two attached hydrogens (primary N) is 1. The third-order valence-electron chi connectivity index (χ3n) is 2.73. The van der Waals surface area contributed by atoms with Crippen LogP contribution in [0.25, 0.3) is 0 Å². The van der Waals surface area contributed by atoms with Gasteiger partial charge in [-0.05, 0) is 49.2 Å². The summed E-state index contributed by atoms with van der Waals surface area (Å²) in [6.07, 6.45) is 1.59. The lowest BCUT2D eigenvalue weighted by atomic mass is 10.1. The predicted molar refractivity (Wildman–Crippen MR) is 71.2 cm³/mol. The van der Waals surface area contributed by atoms with Crippen molar-refractivity contribution in [3.05, 3.63) is 53.3 Å². The number of aryl methyl sites for hydroxylation is 2. The SMILES string of the molecule is Cc1ccc(Oc2cccnc2C(=N)N)cc1C. The van der Waals surface area contributed by atoms with Crippen LogP contribution >= 0.6 is 0 Å². The van der Waals surface area contributed by atoms with Gasteiger partial charge in [0.15, 0.2) is 5.75 Å². The van der Waals surface area contributed by atoms with Crippen LogP contribution in [0, 0.1) is 19.3 Å². The minimum atomic E-state index is -0.102. The Hall–Kier alpha value is -2.36. The van der Waals surface area contributed by atoms with Crippen LogP contribution in [0.15, 0.2) is 36.5 Å². The summed E-state index contributed by atoms with van der Waals surface area (Å²) in [6.45, 7) is 4.07. The molecule has 4 heteroatoms. The van der Waals surface area contributed by atoms with Gasteiger partial charge in [-0.2, -0.15) is 0 Å². The summed E-state index contributed by atoms with van der Waals surface area (Å²) in [5.74, 6) is 1.11. The molecule has 2 aromatic rings. The molecular formula is C14H15N3O. The van der Waals surface area contributed by atoms with Crippen LogP contribution in [0.1, 0.15) is 16.8 Å². The van der Waals surface area contributed by atoms with E-state index in [9.17, 15) is 0 Å². The fourth-order valence-electron chi connectivity index (χ4n) is 1.58. The molecule has 0 bridgehead atoms. The molecule has 1 aromatic carbocycles. The highest BCUT2D eigenvalue weighted by atomic mass is 16.5. The summed E-state index contributed by atoms with van der Waals surface area (Å²) in [5, 5.41) is 7.45. The number of aromatic nitrogens is 1. The largest absolute Gasteiger partial charge is 0.455 e. The molecule has 0 unspecified atom stereocenters. The van der Waals surface area contributed by atoms with E-state index in [4.69, 9.17) is 15.9 Å². The van der Waals surface area contributed by atoms with Gasteiger partial charge in [0.25, 0.3) is 0 Å². The van der Waals surface area contributed by atoms with E-state index in [2.05, 4.69) is 4.98 Å². The maximum absolute atomic E-state index is 7.45. The molecule has 0 fully saturated rings. The molecule has 92 valence electrons. The molecule has 0 aliphatic rings. The van der Waals surface area contributed by atoms with Gasteiger partial charge in [0.2, 0.25) is 0 Å². The van der Waals surface area contributed by atoms with E-state index in [1.807, 2.05) is 32.0 Å². The number of ether oxygens (including phenoxy) is 1. The highest BCUT2D eigenvalue weighted by Gasteiger charge is 2.08. The second-order valence-electron chi connectivity index (χ2n) is 4.11. The number of rotatable bonds is 3. The van der Waals surface area contributed by atoms with Crippen LogP contribution in [0.2, 0.25) is 0 Å². The first-order valence-electron chi connectivity index (χ1n) is 5.62. The zero-order valence-corrected chi connectivity index (χ0v) is 10.4. The summed E-state index contributed by atoms with van der Waals surface area (Å²) in [7, 11) is 0. The summed E-state index contributed by atoms with van der Waals surface area (Å²) in [5.41, 5.74) is 8.18. The van der Waals surface area contributed by atoms with Gasteiger partial charge in [-0.25, -0.2) is 4.98 Å². The van der Waals surface area contributed by atoms with E-state index in [1.54, 1.807) is 18.3 Å². The Balaban J connectivity index is 2.34. The second-order valence-corrected chi connectivity index (χ2v) is 4.11. The standard InChI is InChI=1S/C14H15N3O/c1-9-5-6-11(8-10(9)2)18-12-4-3-7-17-13(12)14(15)16/h3-8H,1-2H3,(H3,15,16). The summed E-state index contributed by atoms with van der Waals surface area (Å²) in [4.78, 5) is 4.04. The number of nitrogens with zero attached hydrogens (tertiary/aromatic N) is 1. The third kappa shape index (κ3) is 2.48. The van der Waals surface area contributed by atoms with Crippen molar-refractivity contribution in [3.63, 3.8) is 0 Å². The molecule has 0 spiro atoms. The van der Waals surface area contributed by atoms with Crippen molar-refractivity contribution in [3.8, 4) is 11.5 Å². The molecule has 1 aromatic heterocycles. The highest BCUT2D eigenvalue weighted by Crippen LogP contribution is 2.25. The minimum Gasteiger partial charge on any atom is -0.455 e. The van der Waals surface area contributed by atoms with Crippen LogP contribution in [-0.2, 0) is 0 Å². The Morgan fingerprint density at radius 3 is 2.67 bits per heavy atom. The average Bonchev–Trinajstić information content (AvgIpc) is 2.34. The smallest absolute Gasteiger partial charge is 0.156 e. The number of pyridine rings is 1. The average molecular weight is 241 g/mol. The van der Waals surface area contributed by atoms with Gasteiger partial charge in [0, 0.05) is 6.20 Å². The first-order valence-corrected chi connectivity index (χ1v) is 5.62. The fourth-order valence-corrected chi connectivity index (χ4v) is 1.58. The fraction of sp³-hybridized carbons (Fsp3) is 0.143. The molecule has 0 radical (unpaired) electrons. The molecule has 0 saturated carbocycles. The molecule has 18 heavy (non-hydrogen) atoms. The number of nitrogen functional groups attached to an aromatic ring is 1. The Bertz CT molecular complexity index is 593. The van der Waals surface area contributed by atoms with Gasteiger partial charge in [-0.3, -0.25) is 5.41 Å². The quantitative estimate of drug-likeness (QED) is 0.641. The van der Waals surface area contributed by atoms with Crippen LogP contribution in [0.3, 0.4) is 0 Å². The number of benzene rings is 1. The minimum absolute atomic E-state index is 0.102. The maximum atomic E-state index is 7.45. The molecule has 0 saturated heterocycles. The van der Waals surface area contributed by atoms with Crippen molar-refractivity contribution < 1.29 is 4.74 Å². The summed E-state index contributed by atoms with van der Waals surface area (Å²) in [6, 6.07) is 9.34. The van der Waals surface area contributed by atoms with Gasteiger partial charge in [0.1, 0.15) is 17.3 Å². The first kappa shape index (κ1) is 12.1. The van der Waals surface area contributed by atoms with Crippen molar-refractivity contribution in [1.29, 1.82) is 5.41 Å². The van der Waals surface area contributed by atoms with Gasteiger partial charge in [-0.1, -0.05) is 6.07 Å². The number of amidine groups is 1. The van der Waals surface area contributed by atoms with Gasteiger partial charge in [-0.15, -0.1) is 0 Å². The lowest BCUT2D eigenvalue weighted by Crippen LogP contribution is -2.14. The summed E-state index contributed by atoms with van der Waals surface area (Å²) >= 11 is 0. The first-order chi connectivity index (χ1) is 8.58. The monoisotopic (exact) mass is 241 g/mol. The van der Waals surface area contributed by atoms with Crippen molar-refractivity contribution in [2.75, 3.05) is 0 Å². The zero-order chi connectivity index (χ0) is 13.1. The molecule has 2 rings (SSSR count).